The molecule has 0 radical (unpaired) electrons. The Morgan fingerprint density at radius 2 is 1.15 bits per heavy atom. The second-order valence-electron chi connectivity index (χ2n) is 12.1. The third-order valence-electron chi connectivity index (χ3n) is 8.55. The summed E-state index contributed by atoms with van der Waals surface area (Å²) in [6, 6.07) is 9.05. The molecule has 0 saturated carbocycles. The molecule has 13 nitrogen and oxygen atoms in total. The molecule has 4 N–H and O–H groups in total. The number of nitrogens with one attached hydrogen (secondary N) is 4. The van der Waals surface area contributed by atoms with Crippen LogP contribution in [0.4, 0.5) is 58.7 Å². The molecule has 0 aliphatic carbocycles. The van der Waals surface area contributed by atoms with Gasteiger partial charge in [-0.2, -0.15) is 8.78 Å². The maximum atomic E-state index is 14.5. The van der Waals surface area contributed by atoms with E-state index in [9.17, 15) is 40.7 Å². The first-order valence-electron chi connectivity index (χ1n) is 16.5. The van der Waals surface area contributed by atoms with Gasteiger partial charge in [0.15, 0.2) is 0 Å². The lowest BCUT2D eigenvalue weighted by Gasteiger charge is -2.30. The van der Waals surface area contributed by atoms with Crippen LogP contribution >= 0.6 is 12.2 Å². The van der Waals surface area contributed by atoms with E-state index in [0.717, 1.165) is 26.2 Å². The van der Waals surface area contributed by atoms with Crippen LogP contribution in [0.2, 0.25) is 0 Å². The number of alkyl halides is 4. The molecule has 0 spiro atoms. The van der Waals surface area contributed by atoms with E-state index < -0.39 is 59.8 Å². The number of cyclic esters (lactones) is 2. The van der Waals surface area contributed by atoms with Crippen LogP contribution in [0.3, 0.4) is 0 Å². The zero-order valence-electron chi connectivity index (χ0n) is 27.8. The second-order valence-corrected chi connectivity index (χ2v) is 12.5. The van der Waals surface area contributed by atoms with Gasteiger partial charge in [-0.25, -0.2) is 27.2 Å². The zero-order valence-corrected chi connectivity index (χ0v) is 28.6. The number of hydrogen-bond donors (Lipinski definition) is 4. The van der Waals surface area contributed by atoms with E-state index in [2.05, 4.69) is 28.2 Å². The van der Waals surface area contributed by atoms with Crippen LogP contribution in [-0.4, -0.2) is 127 Å². The summed E-state index contributed by atoms with van der Waals surface area (Å²) in [7, 11) is 0. The highest BCUT2D eigenvalue weighted by molar-refractivity contribution is 7.80. The molecule has 20 heteroatoms. The van der Waals surface area contributed by atoms with Crippen molar-refractivity contribution in [2.75, 3.05) is 98.1 Å². The molecule has 2 atom stereocenters. The minimum atomic E-state index is -3.13. The molecule has 2 aromatic rings. The van der Waals surface area contributed by atoms with Gasteiger partial charge in [0.25, 0.3) is 12.3 Å². The van der Waals surface area contributed by atoms with Crippen LogP contribution in [0.15, 0.2) is 36.4 Å². The molecule has 0 bridgehead atoms. The first-order valence-corrected chi connectivity index (χ1v) is 16.9. The zero-order chi connectivity index (χ0) is 37.4. The Morgan fingerprint density at radius 1 is 0.731 bits per heavy atom. The van der Waals surface area contributed by atoms with E-state index in [-0.39, 0.29) is 26.2 Å². The largest absolute Gasteiger partial charge is 0.442 e. The van der Waals surface area contributed by atoms with Crippen LogP contribution in [0.25, 0.3) is 0 Å². The molecule has 4 aliphatic rings. The van der Waals surface area contributed by atoms with Crippen molar-refractivity contribution >= 4 is 58.0 Å². The van der Waals surface area contributed by atoms with Gasteiger partial charge in [0.1, 0.15) is 28.8 Å². The molecule has 284 valence electrons. The lowest BCUT2D eigenvalue weighted by Crippen LogP contribution is -2.43. The van der Waals surface area contributed by atoms with Crippen molar-refractivity contribution in [1.82, 2.24) is 21.3 Å². The van der Waals surface area contributed by atoms with Crippen molar-refractivity contribution in [3.8, 4) is 0 Å². The number of carbonyl (C=O) groups excluding carboxylic acids is 3. The molecule has 4 saturated heterocycles. The first-order chi connectivity index (χ1) is 24.9. The minimum absolute atomic E-state index is 0.0211. The number of anilines is 4. The Bertz CT molecular complexity index is 1480. The van der Waals surface area contributed by atoms with E-state index in [4.69, 9.17) is 9.47 Å². The van der Waals surface area contributed by atoms with Crippen LogP contribution in [0.1, 0.15) is 0 Å². The Labute approximate surface area is 300 Å². The number of nitrogens with zero attached hydrogens (tertiary/aromatic N) is 4. The van der Waals surface area contributed by atoms with Crippen LogP contribution < -0.4 is 40.9 Å². The number of carbonyl (C=O) groups is 3. The van der Waals surface area contributed by atoms with Crippen LogP contribution in [0, 0.1) is 11.6 Å². The standard InChI is InChI=1S/C16H19F3N4O3.C16H19F3N4O2S/c17-12-7-10(1-2-13(12)22-5-3-20-4-6-22)23-9-11(26-16(23)25)8-21-15(24)14(18)19;17-12-7-10(1-2-13(12)22-5-3-20-4-6-22)23-9-11(25-16(23)24)8-21-15(26)14(18)19/h1-2,7,11,14,20H,3-6,8-9H2,(H,21,24);1-2,7,11,14,20H,3-6,8-9H2,(H,21,26)/t2*11-/m00/s1. The minimum Gasteiger partial charge on any atom is -0.442 e. The van der Waals surface area contributed by atoms with E-state index in [0.29, 0.717) is 48.9 Å². The summed E-state index contributed by atoms with van der Waals surface area (Å²) in [4.78, 5) is 40.6. The predicted molar refractivity (Wildman–Crippen MR) is 184 cm³/mol. The number of thiocarbonyl (C=S) groups is 1. The number of amides is 3. The average Bonchev–Trinajstić information content (AvgIpc) is 3.71. The molecule has 6 rings (SSSR count). The summed E-state index contributed by atoms with van der Waals surface area (Å²) in [5, 5.41) is 10.8. The van der Waals surface area contributed by atoms with Gasteiger partial charge in [-0.1, -0.05) is 12.2 Å². The fourth-order valence-corrected chi connectivity index (χ4v) is 6.00. The number of benzene rings is 2. The fraction of sp³-hybridized carbons (Fsp3) is 0.500. The van der Waals surface area contributed by atoms with Crippen LogP contribution in [0.5, 0.6) is 0 Å². The highest BCUT2D eigenvalue weighted by Crippen LogP contribution is 2.29. The van der Waals surface area contributed by atoms with Gasteiger partial charge < -0.3 is 40.5 Å². The normalized spacial score (nSPS) is 20.5. The maximum absolute atomic E-state index is 14.5. The van der Waals surface area contributed by atoms with Gasteiger partial charge in [-0.3, -0.25) is 14.6 Å². The number of rotatable bonds is 10. The van der Waals surface area contributed by atoms with E-state index in [1.54, 1.807) is 24.3 Å². The lowest BCUT2D eigenvalue weighted by molar-refractivity contribution is -0.132. The van der Waals surface area contributed by atoms with Crippen LogP contribution in [-0.2, 0) is 14.3 Å². The highest BCUT2D eigenvalue weighted by atomic mass is 32.1. The Kier molecular flexibility index (Phi) is 13.2. The van der Waals surface area contributed by atoms with Gasteiger partial charge >= 0.3 is 18.6 Å². The molecular weight excluding hydrogens is 722 g/mol. The molecular formula is C32H38F6N8O5S. The third kappa shape index (κ3) is 9.85. The predicted octanol–water partition coefficient (Wildman–Crippen LogP) is 2.68. The molecule has 0 unspecified atom stereocenters. The SMILES string of the molecule is O=C(NC[C@H]1CN(c2ccc(N3CCNCC3)c(F)c2)C(=O)O1)C(F)F.O=C1O[C@@H](CNC(=S)C(F)F)CN1c1ccc(N2CCNCC2)c(F)c1. The summed E-state index contributed by atoms with van der Waals surface area (Å²) in [5.74, 6) is -2.30. The van der Waals surface area contributed by atoms with Gasteiger partial charge in [0.2, 0.25) is 0 Å². The van der Waals surface area contributed by atoms with Crippen molar-refractivity contribution in [1.29, 1.82) is 0 Å². The van der Waals surface area contributed by atoms with Gasteiger partial charge in [0, 0.05) is 52.4 Å². The third-order valence-corrected chi connectivity index (χ3v) is 8.88. The van der Waals surface area contributed by atoms with E-state index in [1.165, 1.54) is 21.9 Å². The summed E-state index contributed by atoms with van der Waals surface area (Å²) in [6.45, 7) is 5.82. The van der Waals surface area contributed by atoms with Crippen molar-refractivity contribution in [2.45, 2.75) is 25.1 Å². The van der Waals surface area contributed by atoms with E-state index in [1.807, 2.05) is 15.1 Å². The van der Waals surface area contributed by atoms with Gasteiger partial charge in [-0.05, 0) is 36.4 Å². The molecule has 4 heterocycles. The number of piperazine rings is 2. The quantitative estimate of drug-likeness (QED) is 0.211. The Morgan fingerprint density at radius 3 is 1.54 bits per heavy atom. The maximum Gasteiger partial charge on any atom is 0.414 e. The van der Waals surface area contributed by atoms with Crippen molar-refractivity contribution in [3.63, 3.8) is 0 Å². The molecule has 52 heavy (non-hydrogen) atoms. The Hall–Kier alpha value is -4.56. The van der Waals surface area contributed by atoms with Crippen molar-refractivity contribution in [3.05, 3.63) is 48.0 Å². The summed E-state index contributed by atoms with van der Waals surface area (Å²) < 4.78 is 88.3. The highest BCUT2D eigenvalue weighted by Gasteiger charge is 2.35. The van der Waals surface area contributed by atoms with Crippen molar-refractivity contribution in [2.24, 2.45) is 0 Å². The lowest BCUT2D eigenvalue weighted by atomic mass is 10.2. The molecule has 4 aliphatic heterocycles. The van der Waals surface area contributed by atoms with E-state index >= 15 is 0 Å². The van der Waals surface area contributed by atoms with Crippen molar-refractivity contribution < 1.29 is 50.2 Å². The topological polar surface area (TPSA) is 131 Å². The summed E-state index contributed by atoms with van der Waals surface area (Å²) in [6.07, 6.45) is -8.67. The second kappa shape index (κ2) is 17.8. The molecule has 4 fully saturated rings. The molecule has 3 amide bonds. The fourth-order valence-electron chi connectivity index (χ4n) is 5.91. The molecule has 0 aromatic heterocycles. The average molecular weight is 761 g/mol. The molecule has 2 aromatic carbocycles. The Balaban J connectivity index is 0.000000201. The first kappa shape index (κ1) is 38.7. The van der Waals surface area contributed by atoms with Gasteiger partial charge in [0.05, 0.1) is 48.9 Å². The number of halogens is 6. The van der Waals surface area contributed by atoms with Gasteiger partial charge in [-0.15, -0.1) is 0 Å². The smallest absolute Gasteiger partial charge is 0.414 e. The number of hydrogen-bond acceptors (Lipinski definition) is 10. The monoisotopic (exact) mass is 760 g/mol. The number of ether oxygens (including phenoxy) is 2. The summed E-state index contributed by atoms with van der Waals surface area (Å²) >= 11 is 4.48. The summed E-state index contributed by atoms with van der Waals surface area (Å²) in [5.41, 5.74) is 1.63.